The Balaban J connectivity index is 2.15. The molecule has 0 fully saturated rings. The molecule has 2 aromatic heterocycles. The standard InChI is InChI=1S/C13H9FN4O2/c1-20-13(19)12-11(16-18-17-12)10-5-8-4-9(14)3-2-7(8)6-15-10/h2-6H,1H3,(H,16,17,18). The van der Waals surface area contributed by atoms with E-state index in [0.29, 0.717) is 11.1 Å². The van der Waals surface area contributed by atoms with Gasteiger partial charge in [-0.15, -0.1) is 5.10 Å². The lowest BCUT2D eigenvalue weighted by Crippen LogP contribution is -2.04. The summed E-state index contributed by atoms with van der Waals surface area (Å²) >= 11 is 0. The Bertz CT molecular complexity index is 800. The smallest absolute Gasteiger partial charge is 0.360 e. The van der Waals surface area contributed by atoms with Gasteiger partial charge in [-0.05, 0) is 29.7 Å². The summed E-state index contributed by atoms with van der Waals surface area (Å²) in [6.07, 6.45) is 1.58. The Morgan fingerprint density at radius 1 is 1.25 bits per heavy atom. The van der Waals surface area contributed by atoms with E-state index in [1.165, 1.54) is 19.2 Å². The first-order valence-corrected chi connectivity index (χ1v) is 5.74. The van der Waals surface area contributed by atoms with Gasteiger partial charge in [0.15, 0.2) is 5.69 Å². The molecule has 3 rings (SSSR count). The third-order valence-electron chi connectivity index (χ3n) is 2.85. The molecule has 0 aliphatic heterocycles. The average molecular weight is 272 g/mol. The zero-order chi connectivity index (χ0) is 14.1. The molecule has 3 aromatic rings. The lowest BCUT2D eigenvalue weighted by Gasteiger charge is -2.02. The Morgan fingerprint density at radius 2 is 2.10 bits per heavy atom. The fraction of sp³-hybridized carbons (Fsp3) is 0.0769. The van der Waals surface area contributed by atoms with Crippen LogP contribution < -0.4 is 0 Å². The molecule has 100 valence electrons. The summed E-state index contributed by atoms with van der Waals surface area (Å²) in [5.41, 5.74) is 0.719. The van der Waals surface area contributed by atoms with Crippen LogP contribution in [0.15, 0.2) is 30.5 Å². The number of benzene rings is 1. The van der Waals surface area contributed by atoms with Crippen LogP contribution in [0.2, 0.25) is 0 Å². The summed E-state index contributed by atoms with van der Waals surface area (Å²) in [6.45, 7) is 0. The predicted octanol–water partition coefficient (Wildman–Crippen LogP) is 1.95. The van der Waals surface area contributed by atoms with Crippen LogP contribution in [0.5, 0.6) is 0 Å². The number of aromatic amines is 1. The molecule has 0 bridgehead atoms. The van der Waals surface area contributed by atoms with E-state index < -0.39 is 5.97 Å². The highest BCUT2D eigenvalue weighted by Gasteiger charge is 2.19. The largest absolute Gasteiger partial charge is 0.464 e. The Hall–Kier alpha value is -2.83. The van der Waals surface area contributed by atoms with E-state index in [-0.39, 0.29) is 17.2 Å². The second kappa shape index (κ2) is 4.69. The fourth-order valence-electron chi connectivity index (χ4n) is 1.89. The number of ether oxygens (including phenoxy) is 1. The maximum Gasteiger partial charge on any atom is 0.360 e. The van der Waals surface area contributed by atoms with E-state index in [0.717, 1.165) is 5.39 Å². The number of hydrogen-bond acceptors (Lipinski definition) is 5. The fourth-order valence-corrected chi connectivity index (χ4v) is 1.89. The first kappa shape index (κ1) is 12.2. The molecule has 0 amide bonds. The Kier molecular flexibility index (Phi) is 2.86. The molecular formula is C13H9FN4O2. The minimum Gasteiger partial charge on any atom is -0.464 e. The number of carbonyl (C=O) groups is 1. The van der Waals surface area contributed by atoms with Gasteiger partial charge in [-0.1, -0.05) is 0 Å². The molecule has 0 aliphatic carbocycles. The Morgan fingerprint density at radius 3 is 2.90 bits per heavy atom. The minimum atomic E-state index is -0.616. The monoisotopic (exact) mass is 272 g/mol. The van der Waals surface area contributed by atoms with Crippen molar-refractivity contribution in [2.45, 2.75) is 0 Å². The van der Waals surface area contributed by atoms with Crippen molar-refractivity contribution in [3.63, 3.8) is 0 Å². The van der Waals surface area contributed by atoms with Gasteiger partial charge in [-0.25, -0.2) is 9.18 Å². The quantitative estimate of drug-likeness (QED) is 0.721. The first-order valence-electron chi connectivity index (χ1n) is 5.74. The van der Waals surface area contributed by atoms with Crippen LogP contribution in [0.1, 0.15) is 10.5 Å². The van der Waals surface area contributed by atoms with Gasteiger partial charge in [0.1, 0.15) is 11.5 Å². The highest BCUT2D eigenvalue weighted by molar-refractivity contribution is 5.94. The molecule has 20 heavy (non-hydrogen) atoms. The van der Waals surface area contributed by atoms with Crippen LogP contribution in [0.25, 0.3) is 22.2 Å². The summed E-state index contributed by atoms with van der Waals surface area (Å²) in [5, 5.41) is 11.4. The second-order valence-electron chi connectivity index (χ2n) is 4.07. The number of methoxy groups -OCH3 is 1. The molecule has 0 saturated heterocycles. The average Bonchev–Trinajstić information content (AvgIpc) is 2.95. The van der Waals surface area contributed by atoms with Crippen molar-refractivity contribution in [2.75, 3.05) is 7.11 Å². The van der Waals surface area contributed by atoms with Crippen molar-refractivity contribution in [1.29, 1.82) is 0 Å². The number of nitrogens with zero attached hydrogens (tertiary/aromatic N) is 3. The van der Waals surface area contributed by atoms with Crippen molar-refractivity contribution in [3.8, 4) is 11.4 Å². The van der Waals surface area contributed by atoms with Gasteiger partial charge in [0.05, 0.1) is 12.8 Å². The summed E-state index contributed by atoms with van der Waals surface area (Å²) < 4.78 is 17.9. The van der Waals surface area contributed by atoms with Gasteiger partial charge in [-0.3, -0.25) is 4.98 Å². The molecule has 0 radical (unpaired) electrons. The van der Waals surface area contributed by atoms with Crippen LogP contribution in [0.4, 0.5) is 4.39 Å². The summed E-state index contributed by atoms with van der Waals surface area (Å²) in [6, 6.07) is 6.02. The molecule has 7 heteroatoms. The number of esters is 1. The van der Waals surface area contributed by atoms with Gasteiger partial charge in [-0.2, -0.15) is 10.3 Å². The third-order valence-corrected chi connectivity index (χ3v) is 2.85. The molecule has 0 saturated carbocycles. The van der Waals surface area contributed by atoms with Gasteiger partial charge in [0.2, 0.25) is 0 Å². The van der Waals surface area contributed by atoms with E-state index in [9.17, 15) is 9.18 Å². The molecule has 2 heterocycles. The number of pyridine rings is 1. The van der Waals surface area contributed by atoms with Crippen LogP contribution in [-0.4, -0.2) is 33.5 Å². The maximum atomic E-state index is 13.2. The van der Waals surface area contributed by atoms with Gasteiger partial charge in [0.25, 0.3) is 0 Å². The van der Waals surface area contributed by atoms with E-state index in [4.69, 9.17) is 0 Å². The van der Waals surface area contributed by atoms with Crippen LogP contribution in [0.3, 0.4) is 0 Å². The zero-order valence-corrected chi connectivity index (χ0v) is 10.4. The number of aromatic nitrogens is 4. The summed E-state index contributed by atoms with van der Waals surface area (Å²) in [5.74, 6) is -0.960. The molecule has 6 nitrogen and oxygen atoms in total. The minimum absolute atomic E-state index is 0.0377. The van der Waals surface area contributed by atoms with Crippen molar-refractivity contribution >= 4 is 16.7 Å². The SMILES string of the molecule is COC(=O)c1n[nH]nc1-c1cc2cc(F)ccc2cn1. The van der Waals surface area contributed by atoms with Gasteiger partial charge < -0.3 is 4.74 Å². The predicted molar refractivity (Wildman–Crippen MR) is 68.4 cm³/mol. The van der Waals surface area contributed by atoms with E-state index >= 15 is 0 Å². The van der Waals surface area contributed by atoms with E-state index in [1.54, 1.807) is 18.3 Å². The summed E-state index contributed by atoms with van der Waals surface area (Å²) in [7, 11) is 1.25. The lowest BCUT2D eigenvalue weighted by atomic mass is 10.1. The normalized spacial score (nSPS) is 10.7. The number of hydrogen-bond donors (Lipinski definition) is 1. The van der Waals surface area contributed by atoms with Gasteiger partial charge >= 0.3 is 5.97 Å². The Labute approximate surface area is 112 Å². The van der Waals surface area contributed by atoms with Crippen molar-refractivity contribution in [2.24, 2.45) is 0 Å². The molecule has 1 aromatic carbocycles. The van der Waals surface area contributed by atoms with Crippen LogP contribution in [-0.2, 0) is 4.74 Å². The maximum absolute atomic E-state index is 13.2. The van der Waals surface area contributed by atoms with Crippen molar-refractivity contribution in [1.82, 2.24) is 20.4 Å². The molecular weight excluding hydrogens is 263 g/mol. The number of fused-ring (bicyclic) bond motifs is 1. The topological polar surface area (TPSA) is 80.8 Å². The molecule has 0 spiro atoms. The summed E-state index contributed by atoms with van der Waals surface area (Å²) in [4.78, 5) is 15.8. The number of H-pyrrole nitrogens is 1. The lowest BCUT2D eigenvalue weighted by molar-refractivity contribution is 0.0595. The molecule has 1 N–H and O–H groups in total. The third kappa shape index (κ3) is 1.99. The number of rotatable bonds is 2. The number of nitrogens with one attached hydrogen (secondary N) is 1. The second-order valence-corrected chi connectivity index (χ2v) is 4.07. The number of halogens is 1. The molecule has 0 unspecified atom stereocenters. The number of carbonyl (C=O) groups excluding carboxylic acids is 1. The molecule has 0 aliphatic rings. The van der Waals surface area contributed by atoms with Crippen LogP contribution >= 0.6 is 0 Å². The van der Waals surface area contributed by atoms with E-state index in [2.05, 4.69) is 25.1 Å². The first-order chi connectivity index (χ1) is 9.69. The van der Waals surface area contributed by atoms with Gasteiger partial charge in [0, 0.05) is 11.6 Å². The van der Waals surface area contributed by atoms with Crippen molar-refractivity contribution in [3.05, 3.63) is 42.0 Å². The van der Waals surface area contributed by atoms with E-state index in [1.807, 2.05) is 0 Å². The van der Waals surface area contributed by atoms with Crippen molar-refractivity contribution < 1.29 is 13.9 Å². The molecule has 0 atom stereocenters. The zero-order valence-electron chi connectivity index (χ0n) is 10.4. The highest BCUT2D eigenvalue weighted by atomic mass is 19.1. The van der Waals surface area contributed by atoms with Crippen LogP contribution in [0, 0.1) is 5.82 Å². The highest BCUT2D eigenvalue weighted by Crippen LogP contribution is 2.23.